The number of nitrogens with zero attached hydrogens (tertiary/aromatic N) is 3. The van der Waals surface area contributed by atoms with E-state index in [0.29, 0.717) is 17.3 Å². The average molecular weight is 366 g/mol. The molecule has 2 aromatic heterocycles. The summed E-state index contributed by atoms with van der Waals surface area (Å²) in [4.78, 5) is 16.2. The zero-order chi connectivity index (χ0) is 16.1. The number of thiazole rings is 1. The number of carbonyl (C=O) groups excluding carboxylic acids is 1. The van der Waals surface area contributed by atoms with Gasteiger partial charge < -0.3 is 5.32 Å². The minimum absolute atomic E-state index is 0.280. The van der Waals surface area contributed by atoms with Crippen molar-refractivity contribution in [3.8, 4) is 0 Å². The topological polar surface area (TPSA) is 67.8 Å². The molecule has 0 fully saturated rings. The van der Waals surface area contributed by atoms with Gasteiger partial charge in [0.25, 0.3) is 5.91 Å². The summed E-state index contributed by atoms with van der Waals surface area (Å²) >= 11 is 4.39. The number of aromatic nitrogens is 3. The van der Waals surface area contributed by atoms with Crippen LogP contribution in [0.2, 0.25) is 0 Å². The first-order chi connectivity index (χ1) is 11.2. The summed E-state index contributed by atoms with van der Waals surface area (Å²) in [5.41, 5.74) is 0.823. The number of rotatable bonds is 6. The molecular formula is C14H11FN4OS3. The Balaban J connectivity index is 1.52. The van der Waals surface area contributed by atoms with Crippen LogP contribution in [0.3, 0.4) is 0 Å². The van der Waals surface area contributed by atoms with E-state index in [4.69, 9.17) is 0 Å². The number of amides is 1. The van der Waals surface area contributed by atoms with E-state index in [-0.39, 0.29) is 11.7 Å². The summed E-state index contributed by atoms with van der Waals surface area (Å²) in [7, 11) is 0. The summed E-state index contributed by atoms with van der Waals surface area (Å²) in [6, 6.07) is 5.98. The lowest BCUT2D eigenvalue weighted by Crippen LogP contribution is -2.22. The normalized spacial score (nSPS) is 10.7. The first-order valence-corrected chi connectivity index (χ1v) is 9.26. The first kappa shape index (κ1) is 16.0. The Hall–Kier alpha value is -1.84. The average Bonchev–Trinajstić information content (AvgIpc) is 3.23. The third kappa shape index (κ3) is 4.57. The lowest BCUT2D eigenvalue weighted by Gasteiger charge is -2.02. The van der Waals surface area contributed by atoms with Crippen molar-refractivity contribution in [2.24, 2.45) is 0 Å². The molecule has 0 aliphatic heterocycles. The van der Waals surface area contributed by atoms with E-state index in [0.717, 1.165) is 14.9 Å². The van der Waals surface area contributed by atoms with Crippen LogP contribution in [0, 0.1) is 5.82 Å². The fourth-order valence-electron chi connectivity index (χ4n) is 1.67. The van der Waals surface area contributed by atoms with Crippen LogP contribution in [0.5, 0.6) is 0 Å². The van der Waals surface area contributed by atoms with Crippen molar-refractivity contribution < 1.29 is 9.18 Å². The highest BCUT2D eigenvalue weighted by Gasteiger charge is 2.13. The van der Waals surface area contributed by atoms with Gasteiger partial charge in [0.15, 0.2) is 0 Å². The monoisotopic (exact) mass is 366 g/mol. The molecule has 3 aromatic rings. The minimum atomic E-state index is -0.299. The summed E-state index contributed by atoms with van der Waals surface area (Å²) in [5, 5.41) is 13.7. The van der Waals surface area contributed by atoms with E-state index in [1.807, 2.05) is 5.38 Å². The van der Waals surface area contributed by atoms with E-state index in [2.05, 4.69) is 20.5 Å². The fourth-order valence-corrected chi connectivity index (χ4v) is 4.05. The van der Waals surface area contributed by atoms with Crippen molar-refractivity contribution in [2.75, 3.05) is 0 Å². The lowest BCUT2D eigenvalue weighted by atomic mass is 10.2. The van der Waals surface area contributed by atoms with Crippen LogP contribution < -0.4 is 5.32 Å². The Morgan fingerprint density at radius 3 is 2.83 bits per heavy atom. The van der Waals surface area contributed by atoms with Gasteiger partial charge in [-0.25, -0.2) is 9.37 Å². The second-order valence-corrected chi connectivity index (χ2v) is 7.58. The van der Waals surface area contributed by atoms with Gasteiger partial charge in [0.1, 0.15) is 15.2 Å². The Labute approximate surface area is 144 Å². The number of nitrogens with one attached hydrogen (secondary N) is 1. The van der Waals surface area contributed by atoms with Crippen molar-refractivity contribution in [2.45, 2.75) is 16.6 Å². The highest BCUT2D eigenvalue weighted by atomic mass is 32.2. The third-order valence-corrected chi connectivity index (χ3v) is 5.84. The van der Waals surface area contributed by atoms with Gasteiger partial charge in [-0.05, 0) is 17.7 Å². The number of hydrogen-bond donors (Lipinski definition) is 1. The summed E-state index contributed by atoms with van der Waals surface area (Å²) in [6.07, 6.45) is 1.75. The number of thioether (sulfide) groups is 1. The summed E-state index contributed by atoms with van der Waals surface area (Å²) < 4.78 is 13.8. The maximum Gasteiger partial charge on any atom is 0.282 e. The molecule has 1 aromatic carbocycles. The van der Waals surface area contributed by atoms with E-state index in [1.165, 1.54) is 23.5 Å². The molecule has 0 unspecified atom stereocenters. The van der Waals surface area contributed by atoms with Gasteiger partial charge >= 0.3 is 0 Å². The molecule has 5 nitrogen and oxygen atoms in total. The molecule has 1 N–H and O–H groups in total. The molecule has 0 aliphatic rings. The maximum atomic E-state index is 12.8. The molecule has 0 aliphatic carbocycles. The Bertz CT molecular complexity index is 774. The molecule has 0 saturated heterocycles. The van der Waals surface area contributed by atoms with Gasteiger partial charge in [0.05, 0.1) is 5.75 Å². The van der Waals surface area contributed by atoms with Crippen molar-refractivity contribution in [3.63, 3.8) is 0 Å². The molecule has 1 amide bonds. The van der Waals surface area contributed by atoms with Gasteiger partial charge in [-0.3, -0.25) is 4.79 Å². The summed E-state index contributed by atoms with van der Waals surface area (Å²) in [6.45, 7) is 0.321. The Kier molecular flexibility index (Phi) is 5.31. The second kappa shape index (κ2) is 7.62. The minimum Gasteiger partial charge on any atom is -0.346 e. The van der Waals surface area contributed by atoms with Crippen LogP contribution in [0.25, 0.3) is 0 Å². The number of hydrogen-bond acceptors (Lipinski definition) is 7. The van der Waals surface area contributed by atoms with Crippen LogP contribution in [0.15, 0.2) is 40.2 Å². The Morgan fingerprint density at radius 2 is 2.09 bits per heavy atom. The van der Waals surface area contributed by atoms with Crippen LogP contribution in [-0.2, 0) is 12.3 Å². The fraction of sp³-hybridized carbons (Fsp3) is 0.143. The molecule has 0 saturated carbocycles. The molecule has 118 valence electrons. The van der Waals surface area contributed by atoms with Gasteiger partial charge in [0, 0.05) is 18.1 Å². The highest BCUT2D eigenvalue weighted by Crippen LogP contribution is 2.25. The van der Waals surface area contributed by atoms with Gasteiger partial charge in [0.2, 0.25) is 5.01 Å². The second-order valence-electron chi connectivity index (χ2n) is 4.40. The quantitative estimate of drug-likeness (QED) is 0.678. The van der Waals surface area contributed by atoms with Gasteiger partial charge in [-0.1, -0.05) is 35.2 Å². The van der Waals surface area contributed by atoms with E-state index in [9.17, 15) is 9.18 Å². The van der Waals surface area contributed by atoms with E-state index < -0.39 is 0 Å². The smallest absolute Gasteiger partial charge is 0.282 e. The predicted molar refractivity (Wildman–Crippen MR) is 89.2 cm³/mol. The zero-order valence-corrected chi connectivity index (χ0v) is 14.2. The third-order valence-electron chi connectivity index (χ3n) is 2.76. The highest BCUT2D eigenvalue weighted by molar-refractivity contribution is 8.00. The molecule has 3 rings (SSSR count). The molecule has 2 heterocycles. The van der Waals surface area contributed by atoms with Crippen molar-refractivity contribution in [3.05, 3.63) is 57.2 Å². The molecule has 0 radical (unpaired) electrons. The largest absolute Gasteiger partial charge is 0.346 e. The Morgan fingerprint density at radius 1 is 1.26 bits per heavy atom. The van der Waals surface area contributed by atoms with Crippen LogP contribution in [0.4, 0.5) is 4.39 Å². The number of benzene rings is 1. The lowest BCUT2D eigenvalue weighted by molar-refractivity contribution is 0.0950. The van der Waals surface area contributed by atoms with Crippen LogP contribution in [-0.4, -0.2) is 21.1 Å². The molecule has 0 bridgehead atoms. The van der Waals surface area contributed by atoms with Crippen molar-refractivity contribution in [1.82, 2.24) is 20.5 Å². The number of carbonyl (C=O) groups is 1. The molecule has 9 heteroatoms. The van der Waals surface area contributed by atoms with E-state index >= 15 is 0 Å². The first-order valence-electron chi connectivity index (χ1n) is 6.58. The van der Waals surface area contributed by atoms with Crippen LogP contribution in [0.1, 0.15) is 20.4 Å². The van der Waals surface area contributed by atoms with Crippen molar-refractivity contribution >= 4 is 40.3 Å². The predicted octanol–water partition coefficient (Wildman–Crippen LogP) is 3.36. The molecule has 0 atom stereocenters. The van der Waals surface area contributed by atoms with Crippen molar-refractivity contribution in [1.29, 1.82) is 0 Å². The van der Waals surface area contributed by atoms with E-state index in [1.54, 1.807) is 41.4 Å². The zero-order valence-electron chi connectivity index (χ0n) is 11.7. The molecular weight excluding hydrogens is 355 g/mol. The van der Waals surface area contributed by atoms with Crippen LogP contribution >= 0.6 is 34.4 Å². The standard InChI is InChI=1S/C14H11FN4OS3/c15-10-3-1-9(2-4-10)7-17-12(20)13-19-18-11(23-13)8-22-14-16-5-6-21-14/h1-6H,7-8H2,(H,17,20). The molecule has 23 heavy (non-hydrogen) atoms. The SMILES string of the molecule is O=C(NCc1ccc(F)cc1)c1nnc(CSc2nccs2)s1. The summed E-state index contributed by atoms with van der Waals surface area (Å²) in [5.74, 6) is 0.0556. The molecule has 0 spiro atoms. The van der Waals surface area contributed by atoms with Gasteiger partial charge in [-0.15, -0.1) is 21.5 Å². The number of halogens is 1. The maximum absolute atomic E-state index is 12.8. The van der Waals surface area contributed by atoms with Gasteiger partial charge in [-0.2, -0.15) is 0 Å².